The topological polar surface area (TPSA) is 73.3 Å². The van der Waals surface area contributed by atoms with Crippen LogP contribution >= 0.6 is 11.6 Å². The number of rotatable bonds is 6. The zero-order valence-electron chi connectivity index (χ0n) is 16.6. The minimum absolute atomic E-state index is 0.203. The molecule has 2 aromatic carbocycles. The quantitative estimate of drug-likeness (QED) is 0.525. The van der Waals surface area contributed by atoms with Crippen molar-refractivity contribution < 1.29 is 19.1 Å². The van der Waals surface area contributed by atoms with Crippen LogP contribution in [0.15, 0.2) is 42.6 Å². The molecule has 3 aromatic rings. The molecule has 0 saturated carbocycles. The van der Waals surface area contributed by atoms with Crippen molar-refractivity contribution in [3.8, 4) is 11.5 Å². The maximum absolute atomic E-state index is 11.8. The fourth-order valence-corrected chi connectivity index (χ4v) is 3.15. The van der Waals surface area contributed by atoms with Crippen molar-refractivity contribution in [2.24, 2.45) is 0 Å². The second-order valence-electron chi connectivity index (χ2n) is 6.67. The number of carbonyl (C=O) groups is 1. The maximum atomic E-state index is 11.8. The first kappa shape index (κ1) is 22.3. The standard InChI is InChI=1S/C22H22ClNO2.CO2/c1-4-5-17(25)12-16-6-7-18(13-20(16)23)26-22-8-9-24-21-11-15(3)14(2)10-19(21)22;2-1-3/h6-11,13H,4-5,12H2,1-3H3;. The predicted molar refractivity (Wildman–Crippen MR) is 111 cm³/mol. The summed E-state index contributed by atoms with van der Waals surface area (Å²) in [5.41, 5.74) is 4.13. The van der Waals surface area contributed by atoms with E-state index in [1.807, 2.05) is 25.1 Å². The van der Waals surface area contributed by atoms with Crippen LogP contribution in [0, 0.1) is 13.8 Å². The first-order valence-electron chi connectivity index (χ1n) is 9.22. The number of Topliss-reactive ketones (excluding diaryl/α,β-unsaturated/α-hetero) is 1. The van der Waals surface area contributed by atoms with Gasteiger partial charge < -0.3 is 4.74 Å². The molecule has 0 saturated heterocycles. The molecule has 0 bridgehead atoms. The van der Waals surface area contributed by atoms with Crippen molar-refractivity contribution in [1.82, 2.24) is 4.98 Å². The Morgan fingerprint density at radius 1 is 1.10 bits per heavy atom. The van der Waals surface area contributed by atoms with Crippen LogP contribution in [0.5, 0.6) is 11.5 Å². The molecule has 0 fully saturated rings. The lowest BCUT2D eigenvalue weighted by Crippen LogP contribution is -2.02. The summed E-state index contributed by atoms with van der Waals surface area (Å²) in [7, 11) is 0. The highest BCUT2D eigenvalue weighted by Gasteiger charge is 2.10. The Morgan fingerprint density at radius 3 is 2.45 bits per heavy atom. The molecule has 0 unspecified atom stereocenters. The fraction of sp³-hybridized carbons (Fsp3) is 0.261. The lowest BCUT2D eigenvalue weighted by molar-refractivity contribution is -0.191. The van der Waals surface area contributed by atoms with Crippen LogP contribution in [0.4, 0.5) is 0 Å². The first-order chi connectivity index (χ1) is 13.9. The molecule has 0 spiro atoms. The molecule has 0 aliphatic heterocycles. The number of halogens is 1. The number of fused-ring (bicyclic) bond motifs is 1. The van der Waals surface area contributed by atoms with E-state index in [1.54, 1.807) is 12.3 Å². The van der Waals surface area contributed by atoms with E-state index in [-0.39, 0.29) is 11.9 Å². The molecule has 29 heavy (non-hydrogen) atoms. The van der Waals surface area contributed by atoms with E-state index in [4.69, 9.17) is 25.9 Å². The van der Waals surface area contributed by atoms with Gasteiger partial charge in [0.05, 0.1) is 5.52 Å². The van der Waals surface area contributed by atoms with Crippen LogP contribution in [-0.4, -0.2) is 16.9 Å². The number of ketones is 1. The second kappa shape index (κ2) is 10.5. The third-order valence-electron chi connectivity index (χ3n) is 4.49. The number of pyridine rings is 1. The summed E-state index contributed by atoms with van der Waals surface area (Å²) in [6.07, 6.45) is 3.79. The molecule has 0 atom stereocenters. The minimum atomic E-state index is 0.203. The number of hydrogen-bond donors (Lipinski definition) is 0. The molecule has 0 aliphatic carbocycles. The molecule has 0 aliphatic rings. The van der Waals surface area contributed by atoms with Gasteiger partial charge in [-0.15, -0.1) is 0 Å². The largest absolute Gasteiger partial charge is 0.457 e. The Kier molecular flexibility index (Phi) is 8.08. The highest BCUT2D eigenvalue weighted by Crippen LogP contribution is 2.32. The molecule has 0 N–H and O–H groups in total. The molecule has 5 nitrogen and oxygen atoms in total. The van der Waals surface area contributed by atoms with Crippen LogP contribution in [-0.2, 0) is 20.8 Å². The Labute approximate surface area is 174 Å². The van der Waals surface area contributed by atoms with Gasteiger partial charge in [-0.1, -0.05) is 24.6 Å². The highest BCUT2D eigenvalue weighted by atomic mass is 35.5. The summed E-state index contributed by atoms with van der Waals surface area (Å²) >= 11 is 6.36. The molecule has 0 radical (unpaired) electrons. The van der Waals surface area contributed by atoms with Crippen LogP contribution in [0.25, 0.3) is 10.9 Å². The molecule has 1 heterocycles. The van der Waals surface area contributed by atoms with E-state index >= 15 is 0 Å². The second-order valence-corrected chi connectivity index (χ2v) is 7.07. The number of nitrogens with zero attached hydrogens (tertiary/aromatic N) is 1. The summed E-state index contributed by atoms with van der Waals surface area (Å²) in [4.78, 5) is 32.5. The van der Waals surface area contributed by atoms with Gasteiger partial charge in [-0.3, -0.25) is 9.78 Å². The van der Waals surface area contributed by atoms with Gasteiger partial charge in [0.1, 0.15) is 17.3 Å². The van der Waals surface area contributed by atoms with Crippen molar-refractivity contribution in [2.45, 2.75) is 40.0 Å². The molecule has 3 rings (SSSR count). The average Bonchev–Trinajstić information content (AvgIpc) is 2.66. The summed E-state index contributed by atoms with van der Waals surface area (Å²) in [6.45, 7) is 6.14. The lowest BCUT2D eigenvalue weighted by atomic mass is 10.1. The van der Waals surface area contributed by atoms with E-state index in [1.165, 1.54) is 11.1 Å². The summed E-state index contributed by atoms with van der Waals surface area (Å²) in [5, 5.41) is 1.52. The van der Waals surface area contributed by atoms with Crippen LogP contribution in [0.2, 0.25) is 5.02 Å². The predicted octanol–water partition coefficient (Wildman–Crippen LogP) is 5.63. The number of hydrogen-bond acceptors (Lipinski definition) is 5. The number of benzene rings is 2. The van der Waals surface area contributed by atoms with Gasteiger partial charge in [-0.05, 0) is 67.3 Å². The smallest absolute Gasteiger partial charge is 0.373 e. The van der Waals surface area contributed by atoms with Gasteiger partial charge in [0, 0.05) is 29.4 Å². The maximum Gasteiger partial charge on any atom is 0.373 e. The Balaban J connectivity index is 0.000000941. The summed E-state index contributed by atoms with van der Waals surface area (Å²) < 4.78 is 6.07. The van der Waals surface area contributed by atoms with Crippen molar-refractivity contribution in [1.29, 1.82) is 0 Å². The van der Waals surface area contributed by atoms with Crippen LogP contribution in [0.1, 0.15) is 36.5 Å². The van der Waals surface area contributed by atoms with Gasteiger partial charge in [-0.25, -0.2) is 0 Å². The Morgan fingerprint density at radius 2 is 1.79 bits per heavy atom. The van der Waals surface area contributed by atoms with Crippen molar-refractivity contribution in [3.05, 3.63) is 64.3 Å². The van der Waals surface area contributed by atoms with E-state index in [0.29, 0.717) is 23.6 Å². The highest BCUT2D eigenvalue weighted by molar-refractivity contribution is 6.31. The number of ether oxygens (including phenoxy) is 1. The fourth-order valence-electron chi connectivity index (χ4n) is 2.91. The Hall–Kier alpha value is -3.01. The van der Waals surface area contributed by atoms with Crippen LogP contribution in [0.3, 0.4) is 0 Å². The van der Waals surface area contributed by atoms with Crippen LogP contribution < -0.4 is 4.74 Å². The molecule has 150 valence electrons. The third-order valence-corrected chi connectivity index (χ3v) is 4.84. The van der Waals surface area contributed by atoms with Gasteiger partial charge in [0.2, 0.25) is 0 Å². The number of aromatic nitrogens is 1. The minimum Gasteiger partial charge on any atom is -0.457 e. The molecule has 1 aromatic heterocycles. The molecule has 0 amide bonds. The van der Waals surface area contributed by atoms with E-state index in [2.05, 4.69) is 31.0 Å². The zero-order valence-corrected chi connectivity index (χ0v) is 17.4. The van der Waals surface area contributed by atoms with Crippen molar-refractivity contribution >= 4 is 34.4 Å². The normalized spacial score (nSPS) is 10.1. The SMILES string of the molecule is CCCC(=O)Cc1ccc(Oc2ccnc3cc(C)c(C)cc23)cc1Cl.O=C=O. The molecular weight excluding hydrogens is 390 g/mol. The molecular formula is C23H22ClNO4. The molecule has 6 heteroatoms. The monoisotopic (exact) mass is 411 g/mol. The Bertz CT molecular complexity index is 1060. The average molecular weight is 412 g/mol. The number of carbonyl (C=O) groups excluding carboxylic acids is 3. The first-order valence-corrected chi connectivity index (χ1v) is 9.60. The lowest BCUT2D eigenvalue weighted by Gasteiger charge is -2.12. The van der Waals surface area contributed by atoms with E-state index in [0.717, 1.165) is 28.6 Å². The summed E-state index contributed by atoms with van der Waals surface area (Å²) in [5.74, 6) is 1.59. The van der Waals surface area contributed by atoms with Gasteiger partial charge >= 0.3 is 6.15 Å². The van der Waals surface area contributed by atoms with Gasteiger partial charge in [-0.2, -0.15) is 9.59 Å². The van der Waals surface area contributed by atoms with E-state index < -0.39 is 0 Å². The third kappa shape index (κ3) is 5.98. The van der Waals surface area contributed by atoms with Gasteiger partial charge in [0.15, 0.2) is 0 Å². The van der Waals surface area contributed by atoms with Crippen molar-refractivity contribution in [2.75, 3.05) is 0 Å². The van der Waals surface area contributed by atoms with Gasteiger partial charge in [0.25, 0.3) is 0 Å². The zero-order chi connectivity index (χ0) is 21.4. The number of aryl methyl sites for hydroxylation is 2. The van der Waals surface area contributed by atoms with E-state index in [9.17, 15) is 4.79 Å². The van der Waals surface area contributed by atoms with Crippen molar-refractivity contribution in [3.63, 3.8) is 0 Å². The summed E-state index contributed by atoms with van der Waals surface area (Å²) in [6, 6.07) is 11.5.